The zero-order chi connectivity index (χ0) is 17.9. The Morgan fingerprint density at radius 1 is 1.15 bits per heavy atom. The molecule has 6 nitrogen and oxygen atoms in total. The van der Waals surface area contributed by atoms with Crippen LogP contribution < -0.4 is 10.5 Å². The molecule has 0 radical (unpaired) electrons. The van der Waals surface area contributed by atoms with Crippen molar-refractivity contribution in [2.45, 2.75) is 18.2 Å². The van der Waals surface area contributed by atoms with Crippen LogP contribution in [0.25, 0.3) is 0 Å². The van der Waals surface area contributed by atoms with Crippen LogP contribution in [0.5, 0.6) is 0 Å². The third kappa shape index (κ3) is 3.13. The second-order valence-corrected chi connectivity index (χ2v) is 6.91. The Hall–Kier alpha value is -2.93. The molecule has 0 bridgehead atoms. The second kappa shape index (κ2) is 7.13. The van der Waals surface area contributed by atoms with Crippen LogP contribution in [0.1, 0.15) is 15.9 Å². The van der Waals surface area contributed by atoms with Gasteiger partial charge in [-0.25, -0.2) is 4.98 Å². The van der Waals surface area contributed by atoms with E-state index in [1.54, 1.807) is 21.9 Å². The van der Waals surface area contributed by atoms with Gasteiger partial charge in [-0.3, -0.25) is 19.1 Å². The van der Waals surface area contributed by atoms with E-state index in [0.717, 1.165) is 17.0 Å². The minimum Gasteiger partial charge on any atom is -0.304 e. The Kier molecular flexibility index (Phi) is 4.53. The number of amides is 1. The van der Waals surface area contributed by atoms with Crippen molar-refractivity contribution in [3.63, 3.8) is 0 Å². The number of hydrogen-bond donors (Lipinski definition) is 0. The predicted octanol–water partition coefficient (Wildman–Crippen LogP) is 2.59. The van der Waals surface area contributed by atoms with Crippen molar-refractivity contribution < 1.29 is 4.79 Å². The molecule has 3 heterocycles. The number of rotatable bonds is 4. The number of aromatic nitrogens is 3. The van der Waals surface area contributed by atoms with Gasteiger partial charge in [-0.2, -0.15) is 0 Å². The SMILES string of the molecule is O=C(c1cnc2n(c1=O)CCS2)N(Cc1cccnc1)c1ccccc1. The van der Waals surface area contributed by atoms with Gasteiger partial charge in [-0.15, -0.1) is 0 Å². The molecule has 4 rings (SSSR count). The van der Waals surface area contributed by atoms with Gasteiger partial charge in [-0.1, -0.05) is 36.0 Å². The summed E-state index contributed by atoms with van der Waals surface area (Å²) in [4.78, 5) is 35.9. The number of carbonyl (C=O) groups is 1. The van der Waals surface area contributed by atoms with E-state index in [-0.39, 0.29) is 17.0 Å². The fourth-order valence-electron chi connectivity index (χ4n) is 2.87. The van der Waals surface area contributed by atoms with Crippen LogP contribution >= 0.6 is 11.8 Å². The van der Waals surface area contributed by atoms with E-state index in [9.17, 15) is 9.59 Å². The lowest BCUT2D eigenvalue weighted by Crippen LogP contribution is -2.36. The first-order valence-electron chi connectivity index (χ1n) is 8.22. The Morgan fingerprint density at radius 3 is 2.77 bits per heavy atom. The van der Waals surface area contributed by atoms with Crippen molar-refractivity contribution in [2.75, 3.05) is 10.7 Å². The molecular formula is C19H16N4O2S. The summed E-state index contributed by atoms with van der Waals surface area (Å²) in [5, 5.41) is 0.671. The summed E-state index contributed by atoms with van der Waals surface area (Å²) in [5.74, 6) is 0.447. The third-order valence-corrected chi connectivity index (χ3v) is 5.13. The van der Waals surface area contributed by atoms with Crippen LogP contribution in [0.3, 0.4) is 0 Å². The van der Waals surface area contributed by atoms with Crippen LogP contribution in [-0.4, -0.2) is 26.2 Å². The number of carbonyl (C=O) groups excluding carboxylic acids is 1. The number of benzene rings is 1. The minimum atomic E-state index is -0.357. The number of thioether (sulfide) groups is 1. The Balaban J connectivity index is 1.74. The van der Waals surface area contributed by atoms with Crippen LogP contribution in [0.15, 0.2) is 71.0 Å². The first-order valence-corrected chi connectivity index (χ1v) is 9.21. The molecule has 0 aliphatic carbocycles. The number of hydrogen-bond acceptors (Lipinski definition) is 5. The lowest BCUT2D eigenvalue weighted by molar-refractivity contribution is 0.0982. The minimum absolute atomic E-state index is 0.0870. The Bertz CT molecular complexity index is 989. The van der Waals surface area contributed by atoms with Crippen molar-refractivity contribution in [1.82, 2.24) is 14.5 Å². The summed E-state index contributed by atoms with van der Waals surface area (Å²) >= 11 is 1.53. The van der Waals surface area contributed by atoms with Crippen molar-refractivity contribution in [2.24, 2.45) is 0 Å². The molecule has 1 aliphatic heterocycles. The van der Waals surface area contributed by atoms with Crippen molar-refractivity contribution in [3.8, 4) is 0 Å². The van der Waals surface area contributed by atoms with E-state index in [1.165, 1.54) is 18.0 Å². The molecule has 7 heteroatoms. The summed E-state index contributed by atoms with van der Waals surface area (Å²) in [6, 6.07) is 13.0. The largest absolute Gasteiger partial charge is 0.304 e. The average molecular weight is 364 g/mol. The van der Waals surface area contributed by atoms with E-state index < -0.39 is 0 Å². The fourth-order valence-corrected chi connectivity index (χ4v) is 3.79. The zero-order valence-corrected chi connectivity index (χ0v) is 14.7. The van der Waals surface area contributed by atoms with Crippen molar-refractivity contribution in [1.29, 1.82) is 0 Å². The lowest BCUT2D eigenvalue weighted by Gasteiger charge is -2.23. The molecule has 0 fully saturated rings. The van der Waals surface area contributed by atoms with E-state index in [2.05, 4.69) is 9.97 Å². The van der Waals surface area contributed by atoms with Gasteiger partial charge in [0.05, 0.1) is 6.54 Å². The van der Waals surface area contributed by atoms with Gasteiger partial charge in [0.25, 0.3) is 11.5 Å². The number of anilines is 1. The zero-order valence-electron chi connectivity index (χ0n) is 13.9. The molecule has 26 heavy (non-hydrogen) atoms. The van der Waals surface area contributed by atoms with E-state index in [0.29, 0.717) is 18.2 Å². The summed E-state index contributed by atoms with van der Waals surface area (Å²) in [5.41, 5.74) is 1.41. The molecule has 1 aromatic carbocycles. The van der Waals surface area contributed by atoms with Gasteiger partial charge in [0.15, 0.2) is 5.16 Å². The second-order valence-electron chi connectivity index (χ2n) is 5.85. The quantitative estimate of drug-likeness (QED) is 0.666. The van der Waals surface area contributed by atoms with Crippen molar-refractivity contribution >= 4 is 23.4 Å². The molecule has 1 aliphatic rings. The highest BCUT2D eigenvalue weighted by molar-refractivity contribution is 7.99. The molecule has 2 aromatic heterocycles. The molecule has 0 N–H and O–H groups in total. The van der Waals surface area contributed by atoms with Gasteiger partial charge < -0.3 is 4.90 Å². The van der Waals surface area contributed by atoms with Crippen LogP contribution in [-0.2, 0) is 13.1 Å². The highest BCUT2D eigenvalue weighted by Gasteiger charge is 2.25. The van der Waals surface area contributed by atoms with E-state index >= 15 is 0 Å². The maximum absolute atomic E-state index is 13.2. The Morgan fingerprint density at radius 2 is 2.00 bits per heavy atom. The van der Waals surface area contributed by atoms with Gasteiger partial charge in [-0.05, 0) is 23.8 Å². The molecule has 0 saturated heterocycles. The third-order valence-electron chi connectivity index (χ3n) is 4.16. The lowest BCUT2D eigenvalue weighted by atomic mass is 10.2. The summed E-state index contributed by atoms with van der Waals surface area (Å²) < 4.78 is 1.57. The molecule has 0 saturated carbocycles. The van der Waals surface area contributed by atoms with Crippen LogP contribution in [0, 0.1) is 0 Å². The van der Waals surface area contributed by atoms with Gasteiger partial charge >= 0.3 is 0 Å². The number of fused-ring (bicyclic) bond motifs is 1. The number of pyridine rings is 1. The van der Waals surface area contributed by atoms with E-state index in [4.69, 9.17) is 0 Å². The monoisotopic (exact) mass is 364 g/mol. The summed E-state index contributed by atoms with van der Waals surface area (Å²) in [7, 11) is 0. The molecule has 0 spiro atoms. The highest BCUT2D eigenvalue weighted by atomic mass is 32.2. The number of para-hydroxylation sites is 1. The smallest absolute Gasteiger partial charge is 0.267 e. The molecule has 1 amide bonds. The molecule has 130 valence electrons. The average Bonchev–Trinajstić information content (AvgIpc) is 3.17. The van der Waals surface area contributed by atoms with Gasteiger partial charge in [0, 0.05) is 36.6 Å². The molecular weight excluding hydrogens is 348 g/mol. The summed E-state index contributed by atoms with van der Waals surface area (Å²) in [6.45, 7) is 0.910. The van der Waals surface area contributed by atoms with Crippen LogP contribution in [0.4, 0.5) is 5.69 Å². The van der Waals surface area contributed by atoms with Gasteiger partial charge in [0.1, 0.15) is 5.56 Å². The number of nitrogens with zero attached hydrogens (tertiary/aromatic N) is 4. The maximum atomic E-state index is 13.2. The normalized spacial score (nSPS) is 12.6. The Labute approximate surface area is 154 Å². The predicted molar refractivity (Wildman–Crippen MR) is 100 cm³/mol. The fraction of sp³-hybridized carbons (Fsp3) is 0.158. The molecule has 0 unspecified atom stereocenters. The highest BCUT2D eigenvalue weighted by Crippen LogP contribution is 2.22. The molecule has 3 aromatic rings. The first-order chi connectivity index (χ1) is 12.7. The topological polar surface area (TPSA) is 68.1 Å². The van der Waals surface area contributed by atoms with E-state index in [1.807, 2.05) is 42.5 Å². The van der Waals surface area contributed by atoms with Crippen molar-refractivity contribution in [3.05, 3.63) is 82.5 Å². The summed E-state index contributed by atoms with van der Waals surface area (Å²) in [6.07, 6.45) is 4.80. The molecule has 0 atom stereocenters. The van der Waals surface area contributed by atoms with Gasteiger partial charge in [0.2, 0.25) is 0 Å². The standard InChI is InChI=1S/C19H16N4O2S/c24-17-16(12-21-19-22(17)9-10-26-19)18(25)23(15-6-2-1-3-7-15)13-14-5-4-8-20-11-14/h1-8,11-12H,9-10,13H2. The first kappa shape index (κ1) is 16.5. The van der Waals surface area contributed by atoms with Crippen LogP contribution in [0.2, 0.25) is 0 Å². The maximum Gasteiger partial charge on any atom is 0.267 e.